The van der Waals surface area contributed by atoms with Gasteiger partial charge in [-0.15, -0.1) is 0 Å². The Balaban J connectivity index is 1.78. The van der Waals surface area contributed by atoms with Crippen LogP contribution in [0.3, 0.4) is 0 Å². The lowest BCUT2D eigenvalue weighted by Gasteiger charge is -2.51. The first-order valence-electron chi connectivity index (χ1n) is 13.8. The molecule has 39 heavy (non-hydrogen) atoms. The van der Waals surface area contributed by atoms with Crippen LogP contribution in [-0.2, 0) is 14.0 Å². The minimum Gasteiger partial charge on any atom is -0.481 e. The van der Waals surface area contributed by atoms with E-state index in [1.807, 2.05) is 60.4 Å². The Morgan fingerprint density at radius 1 is 1.08 bits per heavy atom. The van der Waals surface area contributed by atoms with Crippen molar-refractivity contribution in [3.63, 3.8) is 0 Å². The lowest BCUT2D eigenvalue weighted by atomic mass is 9.67. The highest BCUT2D eigenvalue weighted by molar-refractivity contribution is 6.74. The third-order valence-electron chi connectivity index (χ3n) is 9.15. The minimum absolute atomic E-state index is 0.0527. The van der Waals surface area contributed by atoms with E-state index in [1.165, 1.54) is 0 Å². The van der Waals surface area contributed by atoms with Crippen molar-refractivity contribution < 1.29 is 19.1 Å². The lowest BCUT2D eigenvalue weighted by Crippen LogP contribution is -2.55. The summed E-state index contributed by atoms with van der Waals surface area (Å²) in [5, 5.41) is 11.2. The Morgan fingerprint density at radius 2 is 1.74 bits per heavy atom. The van der Waals surface area contributed by atoms with E-state index in [1.54, 1.807) is 0 Å². The van der Waals surface area contributed by atoms with Gasteiger partial charge in [-0.2, -0.15) is 0 Å². The number of piperidine rings is 1. The van der Waals surface area contributed by atoms with Gasteiger partial charge >= 0.3 is 5.97 Å². The van der Waals surface area contributed by atoms with Crippen LogP contribution in [0.2, 0.25) is 28.2 Å². The molecule has 5 atom stereocenters. The van der Waals surface area contributed by atoms with E-state index in [0.29, 0.717) is 16.5 Å². The highest BCUT2D eigenvalue weighted by Gasteiger charge is 2.53. The Labute approximate surface area is 244 Å². The van der Waals surface area contributed by atoms with Gasteiger partial charge in [0, 0.05) is 28.1 Å². The third-order valence-corrected chi connectivity index (χ3v) is 14.2. The van der Waals surface area contributed by atoms with E-state index < -0.39 is 19.7 Å². The molecule has 0 aromatic heterocycles. The average Bonchev–Trinajstić information content (AvgIpc) is 3.27. The van der Waals surface area contributed by atoms with Crippen molar-refractivity contribution in [3.05, 3.63) is 69.7 Å². The minimum atomic E-state index is -1.99. The molecule has 1 saturated heterocycles. The molecule has 1 amide bonds. The second-order valence-electron chi connectivity index (χ2n) is 13.2. The van der Waals surface area contributed by atoms with Crippen molar-refractivity contribution in [1.82, 2.24) is 4.90 Å². The molecular weight excluding hydrogens is 549 g/mol. The fourth-order valence-corrected chi connectivity index (χ4v) is 7.88. The molecule has 8 heteroatoms. The molecule has 4 rings (SSSR count). The Morgan fingerprint density at radius 3 is 2.33 bits per heavy atom. The van der Waals surface area contributed by atoms with E-state index in [-0.39, 0.29) is 41.5 Å². The van der Waals surface area contributed by atoms with E-state index in [4.69, 9.17) is 27.6 Å². The van der Waals surface area contributed by atoms with Crippen LogP contribution >= 0.6 is 23.2 Å². The van der Waals surface area contributed by atoms with Crippen LogP contribution in [0.5, 0.6) is 0 Å². The number of carbonyl (C=O) groups is 2. The molecule has 1 N–H and O–H groups in total. The molecule has 1 aliphatic carbocycles. The number of hydrogen-bond acceptors (Lipinski definition) is 3. The molecule has 5 nitrogen and oxygen atoms in total. The summed E-state index contributed by atoms with van der Waals surface area (Å²) in [7, 11) is -1.99. The maximum atomic E-state index is 14.4. The van der Waals surface area contributed by atoms with Gasteiger partial charge in [0.15, 0.2) is 8.32 Å². The second kappa shape index (κ2) is 11.2. The predicted octanol–water partition coefficient (Wildman–Crippen LogP) is 8.47. The molecule has 1 saturated carbocycles. The smallest absolute Gasteiger partial charge is 0.304 e. The zero-order valence-electron chi connectivity index (χ0n) is 23.8. The van der Waals surface area contributed by atoms with Crippen LogP contribution in [0, 0.1) is 5.41 Å². The van der Waals surface area contributed by atoms with Gasteiger partial charge in [-0.1, -0.05) is 75.2 Å². The van der Waals surface area contributed by atoms with Gasteiger partial charge in [-0.25, -0.2) is 0 Å². The van der Waals surface area contributed by atoms with Crippen LogP contribution in [0.4, 0.5) is 0 Å². The molecular formula is C31H41Cl2NO4Si. The molecule has 0 bridgehead atoms. The standard InChI is InChI=1S/C31H41Cl2NO4Si/c1-30(2,3)39(5,6)38-25-15-14-24(17-25)34-28(20-10-12-22(32)13-11-20)26(21-8-7-9-23(33)16-21)18-31(4,29(34)37)19-27(35)36/h7-13,16,24-26,28H,14-15,17-19H2,1-6H3,(H,35,36)/t24-,25+,26+,28+,31?/m0/s1. The molecule has 2 aromatic carbocycles. The number of carboxylic acid groups (broad SMARTS) is 1. The number of amides is 1. The van der Waals surface area contributed by atoms with Crippen LogP contribution in [0.15, 0.2) is 48.5 Å². The van der Waals surface area contributed by atoms with Gasteiger partial charge in [0.1, 0.15) is 0 Å². The Hall–Kier alpha value is -1.86. The van der Waals surface area contributed by atoms with Gasteiger partial charge in [-0.05, 0) is 79.2 Å². The summed E-state index contributed by atoms with van der Waals surface area (Å²) >= 11 is 12.7. The maximum Gasteiger partial charge on any atom is 0.304 e. The van der Waals surface area contributed by atoms with Crippen LogP contribution in [0.25, 0.3) is 0 Å². The molecule has 1 aliphatic heterocycles. The van der Waals surface area contributed by atoms with E-state index >= 15 is 0 Å². The van der Waals surface area contributed by atoms with Gasteiger partial charge in [0.2, 0.25) is 5.91 Å². The highest BCUT2D eigenvalue weighted by atomic mass is 35.5. The molecule has 1 heterocycles. The first-order valence-corrected chi connectivity index (χ1v) is 17.5. The van der Waals surface area contributed by atoms with Crippen molar-refractivity contribution in [1.29, 1.82) is 0 Å². The summed E-state index contributed by atoms with van der Waals surface area (Å²) in [5.41, 5.74) is 0.952. The number of carboxylic acids is 1. The molecule has 1 unspecified atom stereocenters. The summed E-state index contributed by atoms with van der Waals surface area (Å²) in [6.45, 7) is 13.1. The Bertz CT molecular complexity index is 1210. The SMILES string of the molecule is CC1(CC(=O)O)C[C@H](c2cccc(Cl)c2)[C@@H](c2ccc(Cl)cc2)N([C@H]2CC[C@@H](O[Si](C)(C)C(C)(C)C)C2)C1=O. The monoisotopic (exact) mass is 589 g/mol. The average molecular weight is 591 g/mol. The quantitative estimate of drug-likeness (QED) is 0.329. The Kier molecular flexibility index (Phi) is 8.64. The molecule has 2 aromatic rings. The number of halogens is 2. The van der Waals surface area contributed by atoms with Gasteiger partial charge in [-0.3, -0.25) is 9.59 Å². The summed E-state index contributed by atoms with van der Waals surface area (Å²) in [6.07, 6.45) is 2.72. The van der Waals surface area contributed by atoms with Gasteiger partial charge in [0.25, 0.3) is 0 Å². The molecule has 0 radical (unpaired) electrons. The summed E-state index contributed by atoms with van der Waals surface area (Å²) in [5.74, 6) is -1.19. The number of carbonyl (C=O) groups excluding carboxylic acids is 1. The first kappa shape index (κ1) is 30.1. The van der Waals surface area contributed by atoms with E-state index in [0.717, 1.165) is 30.4 Å². The zero-order chi connectivity index (χ0) is 28.8. The number of benzene rings is 2. The van der Waals surface area contributed by atoms with Crippen molar-refractivity contribution in [3.8, 4) is 0 Å². The molecule has 212 valence electrons. The van der Waals surface area contributed by atoms with E-state index in [2.05, 4.69) is 33.9 Å². The largest absolute Gasteiger partial charge is 0.481 e. The third kappa shape index (κ3) is 6.40. The molecule has 2 fully saturated rings. The number of likely N-dealkylation sites (tertiary alicyclic amines) is 1. The van der Waals surface area contributed by atoms with E-state index in [9.17, 15) is 14.7 Å². The summed E-state index contributed by atoms with van der Waals surface area (Å²) in [6, 6.07) is 15.1. The highest BCUT2D eigenvalue weighted by Crippen LogP contribution is 2.53. The van der Waals surface area contributed by atoms with Crippen molar-refractivity contribution >= 4 is 43.4 Å². The van der Waals surface area contributed by atoms with Crippen molar-refractivity contribution in [2.75, 3.05) is 0 Å². The number of rotatable bonds is 7. The maximum absolute atomic E-state index is 14.4. The number of nitrogens with zero attached hydrogens (tertiary/aromatic N) is 1. The first-order chi connectivity index (χ1) is 18.1. The van der Waals surface area contributed by atoms with Gasteiger partial charge < -0.3 is 14.4 Å². The second-order valence-corrected chi connectivity index (χ2v) is 18.8. The molecule has 0 spiro atoms. The fourth-order valence-electron chi connectivity index (χ4n) is 6.15. The fraction of sp³-hybridized carbons (Fsp3) is 0.548. The normalized spacial score (nSPS) is 28.1. The van der Waals surface area contributed by atoms with Gasteiger partial charge in [0.05, 0.1) is 17.9 Å². The number of hydrogen-bond donors (Lipinski definition) is 1. The number of aliphatic carboxylic acids is 1. The van der Waals surface area contributed by atoms with Crippen molar-refractivity contribution in [2.45, 2.75) is 102 Å². The topological polar surface area (TPSA) is 66.8 Å². The predicted molar refractivity (Wildman–Crippen MR) is 160 cm³/mol. The zero-order valence-corrected chi connectivity index (χ0v) is 26.4. The van der Waals surface area contributed by atoms with Crippen molar-refractivity contribution in [2.24, 2.45) is 5.41 Å². The van der Waals surface area contributed by atoms with Crippen LogP contribution < -0.4 is 0 Å². The molecule has 2 aliphatic rings. The summed E-state index contributed by atoms with van der Waals surface area (Å²) in [4.78, 5) is 28.4. The lowest BCUT2D eigenvalue weighted by molar-refractivity contribution is -0.160. The van der Waals surface area contributed by atoms with Crippen LogP contribution in [0.1, 0.15) is 82.9 Å². The summed E-state index contributed by atoms with van der Waals surface area (Å²) < 4.78 is 6.79. The van der Waals surface area contributed by atoms with Crippen LogP contribution in [-0.4, -0.2) is 42.3 Å².